The van der Waals surface area contributed by atoms with E-state index in [-0.39, 0.29) is 0 Å². The molecule has 0 aromatic heterocycles. The molecule has 106 valence electrons. The van der Waals surface area contributed by atoms with E-state index in [4.69, 9.17) is 4.74 Å². The summed E-state index contributed by atoms with van der Waals surface area (Å²) in [5, 5.41) is 3.38. The van der Waals surface area contributed by atoms with Crippen molar-refractivity contribution in [3.05, 3.63) is 65.7 Å². The number of ether oxygens (including phenoxy) is 1. The molecule has 2 nitrogen and oxygen atoms in total. The molecule has 0 bridgehead atoms. The Labute approximate surface area is 121 Å². The van der Waals surface area contributed by atoms with Gasteiger partial charge in [0.2, 0.25) is 0 Å². The van der Waals surface area contributed by atoms with Crippen LogP contribution in [0.25, 0.3) is 0 Å². The molecule has 0 spiro atoms. The summed E-state index contributed by atoms with van der Waals surface area (Å²) in [5.41, 5.74) is 2.70. The number of aryl methyl sites for hydroxylation is 1. The van der Waals surface area contributed by atoms with E-state index >= 15 is 0 Å². The summed E-state index contributed by atoms with van der Waals surface area (Å²) < 4.78 is 5.76. The normalized spacial score (nSPS) is 12.1. The lowest BCUT2D eigenvalue weighted by Crippen LogP contribution is -2.29. The number of benzene rings is 2. The van der Waals surface area contributed by atoms with Crippen molar-refractivity contribution in [1.82, 2.24) is 5.32 Å². The summed E-state index contributed by atoms with van der Waals surface area (Å²) in [6, 6.07) is 19.1. The molecule has 2 aromatic carbocycles. The molecule has 0 amide bonds. The third-order valence-electron chi connectivity index (χ3n) is 3.45. The van der Waals surface area contributed by atoms with Crippen LogP contribution < -0.4 is 10.1 Å². The molecule has 2 heteroatoms. The zero-order valence-corrected chi connectivity index (χ0v) is 12.3. The number of hydrogen-bond acceptors (Lipinski definition) is 2. The lowest BCUT2D eigenvalue weighted by atomic mass is 10.0. The first-order valence-corrected chi connectivity index (χ1v) is 7.18. The maximum absolute atomic E-state index is 5.76. The van der Waals surface area contributed by atoms with E-state index in [1.165, 1.54) is 11.1 Å². The molecule has 0 aliphatic heterocycles. The fourth-order valence-corrected chi connectivity index (χ4v) is 2.31. The molecule has 0 heterocycles. The molecule has 0 aliphatic rings. The highest BCUT2D eigenvalue weighted by Crippen LogP contribution is 2.11. The molecular weight excluding hydrogens is 246 g/mol. The van der Waals surface area contributed by atoms with Gasteiger partial charge in [0, 0.05) is 6.04 Å². The third kappa shape index (κ3) is 4.71. The minimum Gasteiger partial charge on any atom is -0.494 e. The van der Waals surface area contributed by atoms with Crippen LogP contribution in [-0.4, -0.2) is 19.7 Å². The summed E-state index contributed by atoms with van der Waals surface area (Å²) in [7, 11) is 2.02. The monoisotopic (exact) mass is 269 g/mol. The highest BCUT2D eigenvalue weighted by Gasteiger charge is 2.07. The van der Waals surface area contributed by atoms with Gasteiger partial charge in [0.15, 0.2) is 0 Å². The van der Waals surface area contributed by atoms with Crippen molar-refractivity contribution in [1.29, 1.82) is 0 Å². The number of rotatable bonds is 7. The Kier molecular flexibility index (Phi) is 5.63. The highest BCUT2D eigenvalue weighted by atomic mass is 16.5. The van der Waals surface area contributed by atoms with Gasteiger partial charge in [0.25, 0.3) is 0 Å². The summed E-state index contributed by atoms with van der Waals surface area (Å²) >= 11 is 0. The third-order valence-corrected chi connectivity index (χ3v) is 3.45. The second-order valence-corrected chi connectivity index (χ2v) is 5.13. The van der Waals surface area contributed by atoms with Gasteiger partial charge in [-0.25, -0.2) is 0 Å². The summed E-state index contributed by atoms with van der Waals surface area (Å²) in [6.07, 6.45) is 2.04. The lowest BCUT2D eigenvalue weighted by Gasteiger charge is -2.17. The second kappa shape index (κ2) is 7.71. The molecule has 1 atom stereocenters. The standard InChI is InChI=1S/C18H23NO/c1-15-7-6-8-16(13-15)14-17(19-2)11-12-20-18-9-4-3-5-10-18/h3-10,13,17,19H,11-12,14H2,1-2H3. The van der Waals surface area contributed by atoms with Crippen molar-refractivity contribution in [2.75, 3.05) is 13.7 Å². The highest BCUT2D eigenvalue weighted by molar-refractivity contribution is 5.23. The Hall–Kier alpha value is -1.80. The zero-order valence-electron chi connectivity index (χ0n) is 12.3. The van der Waals surface area contributed by atoms with Gasteiger partial charge < -0.3 is 10.1 Å². The number of hydrogen-bond donors (Lipinski definition) is 1. The molecular formula is C18H23NO. The van der Waals surface area contributed by atoms with Crippen molar-refractivity contribution < 1.29 is 4.74 Å². The number of likely N-dealkylation sites (N-methyl/N-ethyl adjacent to an activating group) is 1. The Morgan fingerprint density at radius 3 is 2.55 bits per heavy atom. The van der Waals surface area contributed by atoms with Crippen molar-refractivity contribution in [3.63, 3.8) is 0 Å². The van der Waals surface area contributed by atoms with Crippen LogP contribution in [0.5, 0.6) is 5.75 Å². The van der Waals surface area contributed by atoms with Gasteiger partial charge in [-0.1, -0.05) is 48.0 Å². The summed E-state index contributed by atoms with van der Waals surface area (Å²) in [6.45, 7) is 2.87. The van der Waals surface area contributed by atoms with Crippen LogP contribution in [-0.2, 0) is 6.42 Å². The molecule has 20 heavy (non-hydrogen) atoms. The van der Waals surface area contributed by atoms with Crippen LogP contribution in [0.2, 0.25) is 0 Å². The maximum atomic E-state index is 5.76. The Morgan fingerprint density at radius 2 is 1.85 bits per heavy atom. The first kappa shape index (κ1) is 14.6. The molecule has 1 N–H and O–H groups in total. The van der Waals surface area contributed by atoms with E-state index in [9.17, 15) is 0 Å². The van der Waals surface area contributed by atoms with Crippen LogP contribution in [0.15, 0.2) is 54.6 Å². The van der Waals surface area contributed by atoms with Gasteiger partial charge in [-0.3, -0.25) is 0 Å². The van der Waals surface area contributed by atoms with Gasteiger partial charge in [0.1, 0.15) is 5.75 Å². The fourth-order valence-electron chi connectivity index (χ4n) is 2.31. The average Bonchev–Trinajstić information content (AvgIpc) is 2.47. The second-order valence-electron chi connectivity index (χ2n) is 5.13. The average molecular weight is 269 g/mol. The molecule has 0 fully saturated rings. The zero-order chi connectivity index (χ0) is 14.2. The van der Waals surface area contributed by atoms with E-state index in [2.05, 4.69) is 36.5 Å². The summed E-state index contributed by atoms with van der Waals surface area (Å²) in [4.78, 5) is 0. The minimum absolute atomic E-state index is 0.445. The molecule has 1 unspecified atom stereocenters. The van der Waals surface area contributed by atoms with Gasteiger partial charge in [-0.15, -0.1) is 0 Å². The van der Waals surface area contributed by atoms with Crippen LogP contribution >= 0.6 is 0 Å². The number of nitrogens with one attached hydrogen (secondary N) is 1. The van der Waals surface area contributed by atoms with Gasteiger partial charge >= 0.3 is 0 Å². The molecule has 0 aliphatic carbocycles. The van der Waals surface area contributed by atoms with E-state index < -0.39 is 0 Å². The SMILES string of the molecule is CNC(CCOc1ccccc1)Cc1cccc(C)c1. The Morgan fingerprint density at radius 1 is 1.05 bits per heavy atom. The molecule has 0 radical (unpaired) electrons. The quantitative estimate of drug-likeness (QED) is 0.829. The molecule has 2 rings (SSSR count). The van der Waals surface area contributed by atoms with Crippen LogP contribution in [0, 0.1) is 6.92 Å². The van der Waals surface area contributed by atoms with Crippen LogP contribution in [0.1, 0.15) is 17.5 Å². The number of para-hydroxylation sites is 1. The topological polar surface area (TPSA) is 21.3 Å². The molecule has 0 saturated heterocycles. The van der Waals surface area contributed by atoms with Crippen molar-refractivity contribution in [2.24, 2.45) is 0 Å². The van der Waals surface area contributed by atoms with Gasteiger partial charge in [0.05, 0.1) is 6.61 Å². The minimum atomic E-state index is 0.445. The lowest BCUT2D eigenvalue weighted by molar-refractivity contribution is 0.288. The fraction of sp³-hybridized carbons (Fsp3) is 0.333. The Balaban J connectivity index is 1.80. The summed E-state index contributed by atoms with van der Waals surface area (Å²) in [5.74, 6) is 0.943. The predicted molar refractivity (Wildman–Crippen MR) is 84.3 cm³/mol. The van der Waals surface area contributed by atoms with E-state index in [0.717, 1.165) is 25.2 Å². The van der Waals surface area contributed by atoms with Gasteiger partial charge in [-0.05, 0) is 44.5 Å². The van der Waals surface area contributed by atoms with E-state index in [1.807, 2.05) is 37.4 Å². The van der Waals surface area contributed by atoms with Crippen molar-refractivity contribution >= 4 is 0 Å². The maximum Gasteiger partial charge on any atom is 0.119 e. The first-order valence-electron chi connectivity index (χ1n) is 7.18. The van der Waals surface area contributed by atoms with Gasteiger partial charge in [-0.2, -0.15) is 0 Å². The van der Waals surface area contributed by atoms with Crippen molar-refractivity contribution in [2.45, 2.75) is 25.8 Å². The van der Waals surface area contributed by atoms with Crippen LogP contribution in [0.3, 0.4) is 0 Å². The predicted octanol–water partition coefficient (Wildman–Crippen LogP) is 3.59. The first-order chi connectivity index (χ1) is 9.78. The largest absolute Gasteiger partial charge is 0.494 e. The Bertz CT molecular complexity index is 510. The smallest absolute Gasteiger partial charge is 0.119 e. The molecule has 2 aromatic rings. The van der Waals surface area contributed by atoms with Crippen LogP contribution in [0.4, 0.5) is 0 Å². The van der Waals surface area contributed by atoms with E-state index in [0.29, 0.717) is 6.04 Å². The molecule has 0 saturated carbocycles. The van der Waals surface area contributed by atoms with Crippen molar-refractivity contribution in [3.8, 4) is 5.75 Å². The van der Waals surface area contributed by atoms with E-state index in [1.54, 1.807) is 0 Å².